The molecule has 0 radical (unpaired) electrons. The summed E-state index contributed by atoms with van der Waals surface area (Å²) in [6.07, 6.45) is -1.74. The van der Waals surface area contributed by atoms with Gasteiger partial charge in [-0.1, -0.05) is 54.1 Å². The van der Waals surface area contributed by atoms with Crippen LogP contribution in [0.1, 0.15) is 72.9 Å². The van der Waals surface area contributed by atoms with Crippen molar-refractivity contribution in [1.29, 1.82) is 0 Å². The van der Waals surface area contributed by atoms with Gasteiger partial charge in [0.2, 0.25) is 17.6 Å². The minimum atomic E-state index is -4.80. The van der Waals surface area contributed by atoms with Crippen molar-refractivity contribution < 1.29 is 42.4 Å². The van der Waals surface area contributed by atoms with E-state index in [-0.39, 0.29) is 29.9 Å². The number of benzene rings is 2. The molecule has 2 aromatic carbocycles. The van der Waals surface area contributed by atoms with E-state index in [1.165, 1.54) is 7.11 Å². The fourth-order valence-electron chi connectivity index (χ4n) is 7.62. The highest BCUT2D eigenvalue weighted by molar-refractivity contribution is 6.36. The molecule has 4 aromatic rings. The van der Waals surface area contributed by atoms with Gasteiger partial charge in [-0.15, -0.1) is 0 Å². The van der Waals surface area contributed by atoms with E-state index in [2.05, 4.69) is 15.6 Å². The highest BCUT2D eigenvalue weighted by Crippen LogP contribution is 2.46. The Morgan fingerprint density at radius 3 is 2.30 bits per heavy atom. The summed E-state index contributed by atoms with van der Waals surface area (Å²) < 4.78 is 60.5. The topological polar surface area (TPSA) is 135 Å². The predicted molar refractivity (Wildman–Crippen MR) is 196 cm³/mol. The van der Waals surface area contributed by atoms with E-state index < -0.39 is 41.3 Å². The SMILES string of the molecule is COc1nc(-c2cccc(-c3cccc4c3CC[C@@H]4Oc3nc(OC)c(CN[C@H](C(=O)O)C4CC4)cc3C(F)(F)F)c2Cl)ccc1CNC1CC(C)(O)C1. The molecule has 286 valence electrons. The Morgan fingerprint density at radius 1 is 0.944 bits per heavy atom. The van der Waals surface area contributed by atoms with E-state index in [0.717, 1.165) is 46.7 Å². The Balaban J connectivity index is 1.13. The number of carboxylic acid groups (broad SMARTS) is 1. The summed E-state index contributed by atoms with van der Waals surface area (Å²) in [6.45, 7) is 2.19. The van der Waals surface area contributed by atoms with E-state index in [1.807, 2.05) is 55.5 Å². The van der Waals surface area contributed by atoms with Gasteiger partial charge in [-0.25, -0.2) is 4.98 Å². The fraction of sp³-hybridized carbons (Fsp3) is 0.425. The number of aromatic nitrogens is 2. The van der Waals surface area contributed by atoms with Crippen LogP contribution in [0.4, 0.5) is 13.2 Å². The maximum Gasteiger partial charge on any atom is 0.421 e. The average Bonchev–Trinajstić information content (AvgIpc) is 3.88. The Bertz CT molecular complexity index is 2050. The maximum atomic E-state index is 14.5. The minimum absolute atomic E-state index is 0.0618. The molecular formula is C40H42ClF3N4O6. The van der Waals surface area contributed by atoms with Gasteiger partial charge in [-0.2, -0.15) is 18.2 Å². The molecule has 0 bridgehead atoms. The lowest BCUT2D eigenvalue weighted by atomic mass is 9.77. The molecule has 54 heavy (non-hydrogen) atoms. The van der Waals surface area contributed by atoms with Crippen LogP contribution >= 0.6 is 11.6 Å². The van der Waals surface area contributed by atoms with Gasteiger partial charge in [0, 0.05) is 41.4 Å². The lowest BCUT2D eigenvalue weighted by Gasteiger charge is -2.41. The van der Waals surface area contributed by atoms with Crippen molar-refractivity contribution >= 4 is 17.6 Å². The number of carbonyl (C=O) groups is 1. The quantitative estimate of drug-likeness (QED) is 0.102. The van der Waals surface area contributed by atoms with Crippen LogP contribution in [0.25, 0.3) is 22.4 Å². The highest BCUT2D eigenvalue weighted by atomic mass is 35.5. The molecule has 2 fully saturated rings. The first kappa shape index (κ1) is 37.9. The number of aliphatic carboxylic acids is 1. The molecule has 0 unspecified atom stereocenters. The second kappa shape index (κ2) is 15.0. The van der Waals surface area contributed by atoms with Gasteiger partial charge in [-0.3, -0.25) is 10.1 Å². The molecule has 3 aliphatic carbocycles. The van der Waals surface area contributed by atoms with Crippen molar-refractivity contribution in [3.8, 4) is 40.0 Å². The number of nitrogens with zero attached hydrogens (tertiary/aromatic N) is 2. The molecule has 0 spiro atoms. The molecule has 2 atom stereocenters. The zero-order valence-electron chi connectivity index (χ0n) is 30.1. The van der Waals surface area contributed by atoms with Crippen LogP contribution in [-0.4, -0.2) is 58.1 Å². The van der Waals surface area contributed by atoms with E-state index in [4.69, 9.17) is 30.8 Å². The third kappa shape index (κ3) is 7.86. The number of carboxylic acids is 1. The largest absolute Gasteiger partial charge is 0.481 e. The smallest absolute Gasteiger partial charge is 0.421 e. The van der Waals surface area contributed by atoms with Crippen molar-refractivity contribution in [3.05, 3.63) is 87.4 Å². The number of aliphatic hydroxyl groups is 1. The van der Waals surface area contributed by atoms with Crippen molar-refractivity contribution in [3.63, 3.8) is 0 Å². The van der Waals surface area contributed by atoms with E-state index >= 15 is 0 Å². The van der Waals surface area contributed by atoms with Crippen molar-refractivity contribution in [2.45, 2.75) is 88.5 Å². The monoisotopic (exact) mass is 766 g/mol. The van der Waals surface area contributed by atoms with Gasteiger partial charge < -0.3 is 29.7 Å². The third-order valence-corrected chi connectivity index (χ3v) is 10.9. The second-order valence-electron chi connectivity index (χ2n) is 14.6. The number of nitrogens with one attached hydrogen (secondary N) is 2. The number of alkyl halides is 3. The van der Waals surface area contributed by atoms with Crippen LogP contribution < -0.4 is 24.8 Å². The third-order valence-electron chi connectivity index (χ3n) is 10.5. The van der Waals surface area contributed by atoms with Crippen molar-refractivity contribution in [2.75, 3.05) is 14.2 Å². The number of halogens is 4. The standard InChI is InChI=1S/C40H42ClF3N4O6/c1-39(51)17-24(18-39)45-19-22-12-14-31(47-35(22)52-2)29-9-5-8-28(33(29)41)25-6-4-7-27-26(25)13-15-32(27)54-37-30(40(42,43)44)16-23(36(48-37)53-3)20-46-34(38(49)50)21-10-11-21/h4-9,12,14,16,21,24,32,34,45-46,51H,10-11,13,15,17-20H2,1-3H3,(H,49,50)/t24?,32-,34-,39?/m0/s1. The van der Waals surface area contributed by atoms with Gasteiger partial charge in [0.15, 0.2) is 0 Å². The normalized spacial score (nSPS) is 21.3. The maximum absolute atomic E-state index is 14.5. The molecule has 2 saturated carbocycles. The number of ether oxygens (including phenoxy) is 3. The molecule has 3 aliphatic rings. The van der Waals surface area contributed by atoms with Gasteiger partial charge in [0.25, 0.3) is 0 Å². The number of pyridine rings is 2. The second-order valence-corrected chi connectivity index (χ2v) is 15.0. The summed E-state index contributed by atoms with van der Waals surface area (Å²) in [4.78, 5) is 20.6. The van der Waals surface area contributed by atoms with Gasteiger partial charge in [0.05, 0.1) is 30.5 Å². The summed E-state index contributed by atoms with van der Waals surface area (Å²) in [5.74, 6) is -1.34. The average molecular weight is 767 g/mol. The van der Waals surface area contributed by atoms with Crippen LogP contribution in [-0.2, 0) is 30.5 Å². The van der Waals surface area contributed by atoms with Crippen molar-refractivity contribution in [1.82, 2.24) is 20.6 Å². The fourth-order valence-corrected chi connectivity index (χ4v) is 7.94. The predicted octanol–water partition coefficient (Wildman–Crippen LogP) is 7.52. The summed E-state index contributed by atoms with van der Waals surface area (Å²) in [6, 6.07) is 15.4. The molecule has 0 aliphatic heterocycles. The van der Waals surface area contributed by atoms with Gasteiger partial charge >= 0.3 is 12.1 Å². The molecule has 0 saturated heterocycles. The number of methoxy groups -OCH3 is 2. The van der Waals surface area contributed by atoms with Crippen LogP contribution in [0.15, 0.2) is 54.6 Å². The Hall–Kier alpha value is -4.43. The highest BCUT2D eigenvalue weighted by Gasteiger charge is 2.40. The van der Waals surface area contributed by atoms with Gasteiger partial charge in [0.1, 0.15) is 17.7 Å². The first-order valence-electron chi connectivity index (χ1n) is 17.9. The summed E-state index contributed by atoms with van der Waals surface area (Å²) in [5, 5.41) is 26.4. The molecular weight excluding hydrogens is 725 g/mol. The Kier molecular flexibility index (Phi) is 10.5. The summed E-state index contributed by atoms with van der Waals surface area (Å²) >= 11 is 7.10. The van der Waals surface area contributed by atoms with Gasteiger partial charge in [-0.05, 0) is 80.2 Å². The molecule has 2 heterocycles. The zero-order valence-corrected chi connectivity index (χ0v) is 30.9. The molecule has 0 amide bonds. The number of hydrogen-bond donors (Lipinski definition) is 4. The molecule has 14 heteroatoms. The van der Waals surface area contributed by atoms with Crippen LogP contribution in [0.3, 0.4) is 0 Å². The zero-order chi connectivity index (χ0) is 38.4. The first-order valence-corrected chi connectivity index (χ1v) is 18.3. The molecule has 7 rings (SSSR count). The Morgan fingerprint density at radius 2 is 1.63 bits per heavy atom. The van der Waals surface area contributed by atoms with E-state index in [1.54, 1.807) is 7.11 Å². The minimum Gasteiger partial charge on any atom is -0.481 e. The summed E-state index contributed by atoms with van der Waals surface area (Å²) in [5.41, 5.74) is 3.78. The van der Waals surface area contributed by atoms with Crippen LogP contribution in [0.5, 0.6) is 17.6 Å². The van der Waals surface area contributed by atoms with E-state index in [9.17, 15) is 28.2 Å². The molecule has 2 aromatic heterocycles. The van der Waals surface area contributed by atoms with E-state index in [0.29, 0.717) is 54.4 Å². The van der Waals surface area contributed by atoms with Crippen molar-refractivity contribution in [2.24, 2.45) is 5.92 Å². The number of fused-ring (bicyclic) bond motifs is 1. The lowest BCUT2D eigenvalue weighted by molar-refractivity contribution is -0.141. The molecule has 4 N–H and O–H groups in total. The lowest BCUT2D eigenvalue weighted by Crippen LogP contribution is -2.51. The van der Waals surface area contributed by atoms with Crippen LogP contribution in [0, 0.1) is 5.92 Å². The Labute approximate surface area is 316 Å². The molecule has 10 nitrogen and oxygen atoms in total. The number of hydrogen-bond acceptors (Lipinski definition) is 9. The van der Waals surface area contributed by atoms with Crippen LogP contribution in [0.2, 0.25) is 5.02 Å². The number of rotatable bonds is 14. The first-order chi connectivity index (χ1) is 25.8. The summed E-state index contributed by atoms with van der Waals surface area (Å²) in [7, 11) is 2.86.